The van der Waals surface area contributed by atoms with Gasteiger partial charge in [-0.3, -0.25) is 4.79 Å². The molecule has 0 fully saturated rings. The minimum atomic E-state index is -3.40. The number of sulfone groups is 1. The van der Waals surface area contributed by atoms with Crippen molar-refractivity contribution in [2.75, 3.05) is 13.4 Å². The lowest BCUT2D eigenvalue weighted by atomic mass is 10.1. The predicted molar refractivity (Wildman–Crippen MR) is 85.9 cm³/mol. The topological polar surface area (TPSA) is 60.4 Å². The molecule has 0 heterocycles. The summed E-state index contributed by atoms with van der Waals surface area (Å²) in [6.45, 7) is 0. The SMILES string of the molecule is COc1cc(C(=O)/C=C\c2ccccc2)ccc1S(C)(=O)=O. The van der Waals surface area contributed by atoms with Gasteiger partial charge in [-0.25, -0.2) is 8.42 Å². The Balaban J connectivity index is 2.30. The smallest absolute Gasteiger partial charge is 0.185 e. The molecule has 0 aromatic heterocycles. The number of methoxy groups -OCH3 is 1. The summed E-state index contributed by atoms with van der Waals surface area (Å²) in [6.07, 6.45) is 4.26. The number of carbonyl (C=O) groups excluding carboxylic acids is 1. The lowest BCUT2D eigenvalue weighted by molar-refractivity contribution is 0.104. The summed E-state index contributed by atoms with van der Waals surface area (Å²) in [5, 5.41) is 0. The molecule has 5 heteroatoms. The van der Waals surface area contributed by atoms with Crippen LogP contribution >= 0.6 is 0 Å². The van der Waals surface area contributed by atoms with Crippen molar-refractivity contribution in [2.45, 2.75) is 4.90 Å². The zero-order valence-corrected chi connectivity index (χ0v) is 13.1. The first-order chi connectivity index (χ1) is 10.4. The van der Waals surface area contributed by atoms with Crippen molar-refractivity contribution >= 4 is 21.7 Å². The molecule has 0 N–H and O–H groups in total. The third-order valence-corrected chi connectivity index (χ3v) is 4.21. The highest BCUT2D eigenvalue weighted by atomic mass is 32.2. The van der Waals surface area contributed by atoms with Crippen molar-refractivity contribution in [1.29, 1.82) is 0 Å². The molecule has 22 heavy (non-hydrogen) atoms. The minimum Gasteiger partial charge on any atom is -0.495 e. The molecule has 0 aliphatic rings. The Morgan fingerprint density at radius 2 is 1.77 bits per heavy atom. The van der Waals surface area contributed by atoms with Crippen LogP contribution in [-0.4, -0.2) is 27.6 Å². The Labute approximate surface area is 130 Å². The highest BCUT2D eigenvalue weighted by Gasteiger charge is 2.16. The summed E-state index contributed by atoms with van der Waals surface area (Å²) in [5.41, 5.74) is 1.28. The maximum Gasteiger partial charge on any atom is 0.185 e. The van der Waals surface area contributed by atoms with E-state index in [1.54, 1.807) is 6.08 Å². The second kappa shape index (κ2) is 6.58. The molecule has 4 nitrogen and oxygen atoms in total. The number of hydrogen-bond donors (Lipinski definition) is 0. The average Bonchev–Trinajstić information content (AvgIpc) is 2.52. The van der Waals surface area contributed by atoms with Gasteiger partial charge in [0.25, 0.3) is 0 Å². The van der Waals surface area contributed by atoms with Gasteiger partial charge in [-0.15, -0.1) is 0 Å². The standard InChI is InChI=1S/C17H16O4S/c1-21-16-12-14(9-11-17(16)22(2,19)20)15(18)10-8-13-6-4-3-5-7-13/h3-12H,1-2H3/b10-8-. The highest BCUT2D eigenvalue weighted by Crippen LogP contribution is 2.25. The van der Waals surface area contributed by atoms with Crippen LogP contribution in [0.15, 0.2) is 59.5 Å². The molecule has 0 aliphatic heterocycles. The predicted octanol–water partition coefficient (Wildman–Crippen LogP) is 2.99. The third-order valence-electron chi connectivity index (χ3n) is 3.07. The van der Waals surface area contributed by atoms with Crippen molar-refractivity contribution in [3.05, 3.63) is 65.7 Å². The molecule has 0 spiro atoms. The number of benzene rings is 2. The Kier molecular flexibility index (Phi) is 4.78. The van der Waals surface area contributed by atoms with Gasteiger partial charge in [0.05, 0.1) is 7.11 Å². The second-order valence-corrected chi connectivity index (χ2v) is 6.73. The fourth-order valence-corrected chi connectivity index (χ4v) is 2.78. The molecule has 0 unspecified atom stereocenters. The first-order valence-corrected chi connectivity index (χ1v) is 8.46. The van der Waals surface area contributed by atoms with E-state index in [0.29, 0.717) is 5.56 Å². The molecule has 2 aromatic carbocycles. The third kappa shape index (κ3) is 3.83. The first kappa shape index (κ1) is 16.0. The van der Waals surface area contributed by atoms with Gasteiger partial charge < -0.3 is 4.74 Å². The summed E-state index contributed by atoms with van der Waals surface area (Å²) in [7, 11) is -2.02. The fourth-order valence-electron chi connectivity index (χ4n) is 1.96. The van der Waals surface area contributed by atoms with E-state index in [9.17, 15) is 13.2 Å². The average molecular weight is 316 g/mol. The Bertz CT molecular complexity index is 806. The minimum absolute atomic E-state index is 0.0681. The van der Waals surface area contributed by atoms with Crippen molar-refractivity contribution in [3.63, 3.8) is 0 Å². The molecular formula is C17H16O4S. The molecule has 0 aliphatic carbocycles. The van der Waals surface area contributed by atoms with E-state index >= 15 is 0 Å². The van der Waals surface area contributed by atoms with Crippen LogP contribution in [0, 0.1) is 0 Å². The van der Waals surface area contributed by atoms with Gasteiger partial charge in [0.2, 0.25) is 0 Å². The van der Waals surface area contributed by atoms with E-state index in [4.69, 9.17) is 4.74 Å². The number of ketones is 1. The van der Waals surface area contributed by atoms with Crippen LogP contribution in [0.25, 0.3) is 6.08 Å². The molecule has 0 atom stereocenters. The van der Waals surface area contributed by atoms with E-state index in [1.165, 1.54) is 31.4 Å². The van der Waals surface area contributed by atoms with Gasteiger partial charge in [0, 0.05) is 11.8 Å². The normalized spacial score (nSPS) is 11.5. The largest absolute Gasteiger partial charge is 0.495 e. The van der Waals surface area contributed by atoms with Gasteiger partial charge in [-0.2, -0.15) is 0 Å². The second-order valence-electron chi connectivity index (χ2n) is 4.75. The van der Waals surface area contributed by atoms with Gasteiger partial charge >= 0.3 is 0 Å². The summed E-state index contributed by atoms with van der Waals surface area (Å²) >= 11 is 0. The molecule has 2 rings (SSSR count). The fraction of sp³-hybridized carbons (Fsp3) is 0.118. The van der Waals surface area contributed by atoms with Crippen LogP contribution in [0.1, 0.15) is 15.9 Å². The van der Waals surface area contributed by atoms with E-state index in [0.717, 1.165) is 11.8 Å². The lowest BCUT2D eigenvalue weighted by Crippen LogP contribution is -2.03. The number of rotatable bonds is 5. The first-order valence-electron chi connectivity index (χ1n) is 6.57. The highest BCUT2D eigenvalue weighted by molar-refractivity contribution is 7.90. The van der Waals surface area contributed by atoms with Crippen molar-refractivity contribution in [2.24, 2.45) is 0 Å². The van der Waals surface area contributed by atoms with Gasteiger partial charge in [0.1, 0.15) is 10.6 Å². The Hall–Kier alpha value is -2.40. The maximum atomic E-state index is 12.2. The number of hydrogen-bond acceptors (Lipinski definition) is 4. The van der Waals surface area contributed by atoms with Crippen LogP contribution in [0.2, 0.25) is 0 Å². The molecule has 0 amide bonds. The summed E-state index contributed by atoms with van der Waals surface area (Å²) in [5.74, 6) is -0.0522. The van der Waals surface area contributed by atoms with Crippen LogP contribution in [-0.2, 0) is 9.84 Å². The Morgan fingerprint density at radius 1 is 1.09 bits per heavy atom. The van der Waals surface area contributed by atoms with Crippen LogP contribution in [0.3, 0.4) is 0 Å². The van der Waals surface area contributed by atoms with E-state index < -0.39 is 9.84 Å². The maximum absolute atomic E-state index is 12.2. The number of allylic oxidation sites excluding steroid dienone is 1. The Morgan fingerprint density at radius 3 is 2.36 bits per heavy atom. The summed E-state index contributed by atoms with van der Waals surface area (Å²) in [6, 6.07) is 13.7. The molecule has 0 radical (unpaired) electrons. The zero-order valence-electron chi connectivity index (χ0n) is 12.3. The van der Waals surface area contributed by atoms with E-state index in [-0.39, 0.29) is 16.4 Å². The molecule has 114 valence electrons. The number of ether oxygens (including phenoxy) is 1. The lowest BCUT2D eigenvalue weighted by Gasteiger charge is -2.07. The monoisotopic (exact) mass is 316 g/mol. The number of carbonyl (C=O) groups is 1. The van der Waals surface area contributed by atoms with Crippen LogP contribution in [0.4, 0.5) is 0 Å². The van der Waals surface area contributed by atoms with Crippen LogP contribution < -0.4 is 4.74 Å². The molecule has 2 aromatic rings. The van der Waals surface area contributed by atoms with E-state index in [2.05, 4.69) is 0 Å². The quantitative estimate of drug-likeness (QED) is 0.628. The molecule has 0 bridgehead atoms. The van der Waals surface area contributed by atoms with Crippen molar-refractivity contribution in [1.82, 2.24) is 0 Å². The van der Waals surface area contributed by atoms with Gasteiger partial charge in [-0.1, -0.05) is 36.4 Å². The van der Waals surface area contributed by atoms with Crippen molar-refractivity contribution in [3.8, 4) is 5.75 Å². The van der Waals surface area contributed by atoms with Gasteiger partial charge in [0.15, 0.2) is 15.6 Å². The van der Waals surface area contributed by atoms with E-state index in [1.807, 2.05) is 30.3 Å². The summed E-state index contributed by atoms with van der Waals surface area (Å²) in [4.78, 5) is 12.2. The molecule has 0 saturated carbocycles. The summed E-state index contributed by atoms with van der Waals surface area (Å²) < 4.78 is 28.3. The van der Waals surface area contributed by atoms with Crippen LogP contribution in [0.5, 0.6) is 5.75 Å². The zero-order chi connectivity index (χ0) is 16.2. The van der Waals surface area contributed by atoms with Gasteiger partial charge in [-0.05, 0) is 29.8 Å². The molecule has 0 saturated heterocycles. The molecular weight excluding hydrogens is 300 g/mol. The van der Waals surface area contributed by atoms with Crippen molar-refractivity contribution < 1.29 is 17.9 Å².